The Hall–Kier alpha value is -6.93. The summed E-state index contributed by atoms with van der Waals surface area (Å²) >= 11 is 7.29. The summed E-state index contributed by atoms with van der Waals surface area (Å²) < 4.78 is 68.3. The van der Waals surface area contributed by atoms with Crippen molar-refractivity contribution in [2.75, 3.05) is 38.2 Å². The van der Waals surface area contributed by atoms with Crippen molar-refractivity contribution in [1.82, 2.24) is 20.2 Å². The van der Waals surface area contributed by atoms with Crippen LogP contribution in [0.3, 0.4) is 0 Å². The molecule has 2 aromatic heterocycles. The van der Waals surface area contributed by atoms with Gasteiger partial charge in [0.1, 0.15) is 53.4 Å². The summed E-state index contributed by atoms with van der Waals surface area (Å²) in [6.45, 7) is 2.77. The Balaban J connectivity index is 1.14. The lowest BCUT2D eigenvalue weighted by molar-refractivity contribution is -0.137. The minimum Gasteiger partial charge on any atom is -0.497 e. The van der Waals surface area contributed by atoms with Crippen molar-refractivity contribution in [3.05, 3.63) is 165 Å². The van der Waals surface area contributed by atoms with E-state index in [0.29, 0.717) is 53.3 Å². The number of hydrogen-bond acceptors (Lipinski definition) is 11. The number of pyridine rings is 2. The zero-order valence-electron chi connectivity index (χ0n) is 35.6. The third-order valence-corrected chi connectivity index (χ3v) is 12.2. The number of rotatable bonds is 14. The number of aryl methyl sites for hydroxylation is 1. The Morgan fingerprint density at radius 2 is 1.47 bits per heavy atom. The molecular formula is C49H45ClF3N7O4. The van der Waals surface area contributed by atoms with E-state index >= 15 is 13.2 Å². The Morgan fingerprint density at radius 1 is 0.859 bits per heavy atom. The van der Waals surface area contributed by atoms with Gasteiger partial charge in [-0.2, -0.15) is 13.2 Å². The van der Waals surface area contributed by atoms with Crippen LogP contribution in [0.25, 0.3) is 17.1 Å². The second-order valence-corrected chi connectivity index (χ2v) is 16.2. The minimum absolute atomic E-state index is 0.0111. The zero-order chi connectivity index (χ0) is 44.6. The lowest BCUT2D eigenvalue weighted by atomic mass is 9.98. The maximum atomic E-state index is 15.3. The van der Waals surface area contributed by atoms with Gasteiger partial charge in [-0.3, -0.25) is 4.99 Å². The highest BCUT2D eigenvalue weighted by molar-refractivity contribution is 6.33. The fourth-order valence-electron chi connectivity index (χ4n) is 8.45. The van der Waals surface area contributed by atoms with Gasteiger partial charge in [-0.05, 0) is 96.6 Å². The molecule has 4 heterocycles. The van der Waals surface area contributed by atoms with Crippen LogP contribution in [0.1, 0.15) is 46.2 Å². The second kappa shape index (κ2) is 17.3. The lowest BCUT2D eigenvalue weighted by Crippen LogP contribution is -2.46. The number of alkyl halides is 3. The number of anilines is 2. The number of benzene rings is 4. The molecule has 328 valence electrons. The molecule has 0 saturated heterocycles. The predicted octanol–water partition coefficient (Wildman–Crippen LogP) is 9.07. The Bertz CT molecular complexity index is 2800. The fraction of sp³-hybridized carbons (Fsp3) is 0.245. The van der Waals surface area contributed by atoms with Crippen molar-refractivity contribution >= 4 is 29.1 Å². The maximum Gasteiger partial charge on any atom is 0.418 e. The van der Waals surface area contributed by atoms with Gasteiger partial charge >= 0.3 is 6.18 Å². The molecule has 1 aliphatic carbocycles. The van der Waals surface area contributed by atoms with Crippen LogP contribution >= 0.6 is 11.6 Å². The number of halogens is 4. The van der Waals surface area contributed by atoms with Crippen molar-refractivity contribution in [2.45, 2.75) is 51.1 Å². The van der Waals surface area contributed by atoms with Crippen LogP contribution in [0.15, 0.2) is 121 Å². The van der Waals surface area contributed by atoms with Gasteiger partial charge < -0.3 is 39.4 Å². The first-order valence-electron chi connectivity index (χ1n) is 20.7. The van der Waals surface area contributed by atoms with Gasteiger partial charge in [-0.25, -0.2) is 9.97 Å². The highest BCUT2D eigenvalue weighted by atomic mass is 35.5. The highest BCUT2D eigenvalue weighted by Crippen LogP contribution is 2.55. The first-order valence-corrected chi connectivity index (χ1v) is 21.1. The van der Waals surface area contributed by atoms with Crippen LogP contribution in [0, 0.1) is 6.92 Å². The SMILES string of the molecule is COc1ccc(CNc2ncccc2C2(N3C=COc4cc(-c5nc(N(Cc6ccc(OC)cc6)Cc6ccc(OC)cc6)cc(C)c5C(F)(F)F)c(Cl)c5c4=C3NCN=5)CC2)cc1. The van der Waals surface area contributed by atoms with Crippen LogP contribution in [0.4, 0.5) is 24.8 Å². The molecule has 0 bridgehead atoms. The molecule has 4 aromatic carbocycles. The van der Waals surface area contributed by atoms with Gasteiger partial charge in [0.15, 0.2) is 0 Å². The first-order chi connectivity index (χ1) is 31.0. The van der Waals surface area contributed by atoms with Crippen molar-refractivity contribution in [1.29, 1.82) is 0 Å². The lowest BCUT2D eigenvalue weighted by Gasteiger charge is -2.34. The monoisotopic (exact) mass is 887 g/mol. The molecule has 0 atom stereocenters. The molecule has 9 rings (SSSR count). The average molecular weight is 888 g/mol. The molecule has 2 N–H and O–H groups in total. The Morgan fingerprint density at radius 3 is 2.05 bits per heavy atom. The van der Waals surface area contributed by atoms with E-state index in [4.69, 9.17) is 45.5 Å². The number of methoxy groups -OCH3 is 3. The van der Waals surface area contributed by atoms with Crippen LogP contribution < -0.4 is 45.1 Å². The molecule has 1 saturated carbocycles. The number of ether oxygens (including phenoxy) is 4. The molecule has 11 nitrogen and oxygen atoms in total. The normalized spacial score (nSPS) is 14.6. The minimum atomic E-state index is -4.77. The summed E-state index contributed by atoms with van der Waals surface area (Å²) in [7, 11) is 4.82. The number of hydrogen-bond donors (Lipinski definition) is 2. The summed E-state index contributed by atoms with van der Waals surface area (Å²) in [5.41, 5.74) is 2.15. The predicted molar refractivity (Wildman–Crippen MR) is 240 cm³/mol. The van der Waals surface area contributed by atoms with E-state index < -0.39 is 17.3 Å². The molecule has 6 aromatic rings. The van der Waals surface area contributed by atoms with Crippen molar-refractivity contribution < 1.29 is 32.1 Å². The Kier molecular flexibility index (Phi) is 11.5. The van der Waals surface area contributed by atoms with Crippen molar-refractivity contribution in [3.8, 4) is 34.3 Å². The van der Waals surface area contributed by atoms with E-state index in [9.17, 15) is 0 Å². The van der Waals surface area contributed by atoms with E-state index in [1.54, 1.807) is 39.9 Å². The van der Waals surface area contributed by atoms with Crippen LogP contribution in [-0.4, -0.2) is 42.9 Å². The quantitative estimate of drug-likeness (QED) is 0.110. The van der Waals surface area contributed by atoms with Crippen LogP contribution in [0.5, 0.6) is 23.0 Å². The second-order valence-electron chi connectivity index (χ2n) is 15.8. The molecule has 15 heteroatoms. The number of nitrogens with one attached hydrogen (secondary N) is 2. The molecule has 0 amide bonds. The first kappa shape index (κ1) is 42.4. The number of nitrogens with zero attached hydrogens (tertiary/aromatic N) is 5. The van der Waals surface area contributed by atoms with Gasteiger partial charge in [0, 0.05) is 43.2 Å². The van der Waals surface area contributed by atoms with E-state index in [1.807, 2.05) is 90.0 Å². The molecule has 0 unspecified atom stereocenters. The highest BCUT2D eigenvalue weighted by Gasteiger charge is 2.52. The summed E-state index contributed by atoms with van der Waals surface area (Å²) in [6.07, 6.45) is 1.98. The molecule has 0 spiro atoms. The van der Waals surface area contributed by atoms with E-state index in [0.717, 1.165) is 46.7 Å². The summed E-state index contributed by atoms with van der Waals surface area (Å²) in [5.74, 6) is 4.16. The van der Waals surface area contributed by atoms with Crippen LogP contribution in [0.2, 0.25) is 5.02 Å². The summed E-state index contributed by atoms with van der Waals surface area (Å²) in [6, 6.07) is 29.9. The smallest absolute Gasteiger partial charge is 0.418 e. The average Bonchev–Trinajstić information content (AvgIpc) is 4.14. The van der Waals surface area contributed by atoms with Gasteiger partial charge in [0.2, 0.25) is 0 Å². The Labute approximate surface area is 373 Å². The van der Waals surface area contributed by atoms with Gasteiger partial charge in [-0.15, -0.1) is 0 Å². The van der Waals surface area contributed by atoms with Gasteiger partial charge in [0.25, 0.3) is 0 Å². The number of aromatic nitrogens is 2. The van der Waals surface area contributed by atoms with Gasteiger partial charge in [0.05, 0.1) is 53.7 Å². The standard InChI is InChI=1S/C49H45ClF3N7O4/c1-30-24-40(59(27-32-9-15-35(62-3)16-10-32)28-33-11-17-36(63-4)18-12-33)58-44(42(30)49(51,52)53)37-25-39-41-45(43(37)50)56-29-57-47(41)60(22-23-64-39)48(19-20-48)38-6-5-21-54-46(38)55-26-31-7-13-34(61-2)14-8-31/h5-18,21-25,57H,19-20,26-29H2,1-4H3,(H,54,55). The molecular weight excluding hydrogens is 843 g/mol. The molecule has 3 aliphatic rings. The zero-order valence-corrected chi connectivity index (χ0v) is 36.3. The topological polar surface area (TPSA) is 106 Å². The van der Waals surface area contributed by atoms with E-state index in [2.05, 4.69) is 21.6 Å². The summed E-state index contributed by atoms with van der Waals surface area (Å²) in [5, 5.41) is 7.85. The molecule has 2 aliphatic heterocycles. The molecule has 0 radical (unpaired) electrons. The third-order valence-electron chi connectivity index (χ3n) is 11.8. The summed E-state index contributed by atoms with van der Waals surface area (Å²) in [4.78, 5) is 18.4. The largest absolute Gasteiger partial charge is 0.497 e. The van der Waals surface area contributed by atoms with Crippen LogP contribution in [-0.2, 0) is 31.3 Å². The molecule has 1 fully saturated rings. The molecule has 64 heavy (non-hydrogen) atoms. The third kappa shape index (κ3) is 8.21. The maximum absolute atomic E-state index is 15.3. The van der Waals surface area contributed by atoms with E-state index in [-0.39, 0.29) is 34.3 Å². The van der Waals surface area contributed by atoms with Crippen molar-refractivity contribution in [2.24, 2.45) is 4.99 Å². The van der Waals surface area contributed by atoms with Gasteiger partial charge in [-0.1, -0.05) is 54.1 Å². The van der Waals surface area contributed by atoms with Crippen molar-refractivity contribution in [3.63, 3.8) is 0 Å². The van der Waals surface area contributed by atoms with E-state index in [1.165, 1.54) is 13.0 Å². The fourth-order valence-corrected chi connectivity index (χ4v) is 8.74.